The summed E-state index contributed by atoms with van der Waals surface area (Å²) in [5, 5.41) is 0. The smallest absolute Gasteiger partial charge is 0.00994 e. The average molecular weight is 389 g/mol. The Morgan fingerprint density at radius 1 is 0.828 bits per heavy atom. The second-order valence-electron chi connectivity index (χ2n) is 12.1. The van der Waals surface area contributed by atoms with Gasteiger partial charge in [-0.15, -0.1) is 0 Å². The Morgan fingerprint density at radius 2 is 1.48 bits per heavy atom. The summed E-state index contributed by atoms with van der Waals surface area (Å²) in [6, 6.07) is 14.1. The summed E-state index contributed by atoms with van der Waals surface area (Å²) in [4.78, 5) is 0. The van der Waals surface area contributed by atoms with E-state index >= 15 is 0 Å². The molecule has 0 radical (unpaired) electrons. The predicted octanol–water partition coefficient (Wildman–Crippen LogP) is 8.00. The van der Waals surface area contributed by atoms with Crippen LogP contribution >= 0.6 is 0 Å². The molecule has 0 heteroatoms. The predicted molar refractivity (Wildman–Crippen MR) is 127 cm³/mol. The summed E-state index contributed by atoms with van der Waals surface area (Å²) in [5.74, 6) is 1.57. The van der Waals surface area contributed by atoms with E-state index in [4.69, 9.17) is 0 Å². The number of aryl methyl sites for hydroxylation is 1. The zero-order valence-electron chi connectivity index (χ0n) is 19.9. The van der Waals surface area contributed by atoms with Gasteiger partial charge in [0, 0.05) is 5.41 Å². The van der Waals surface area contributed by atoms with Crippen LogP contribution in [0.5, 0.6) is 0 Å². The van der Waals surface area contributed by atoms with Gasteiger partial charge in [0.2, 0.25) is 0 Å². The van der Waals surface area contributed by atoms with Crippen molar-refractivity contribution in [3.05, 3.63) is 58.7 Å². The maximum absolute atomic E-state index is 2.48. The molecule has 0 N–H and O–H groups in total. The van der Waals surface area contributed by atoms with Gasteiger partial charge < -0.3 is 0 Å². The second kappa shape index (κ2) is 6.73. The van der Waals surface area contributed by atoms with Crippen LogP contribution in [0.4, 0.5) is 0 Å². The Hall–Kier alpha value is -1.56. The zero-order valence-corrected chi connectivity index (χ0v) is 19.9. The molecule has 2 aliphatic carbocycles. The first-order valence-electron chi connectivity index (χ1n) is 11.7. The van der Waals surface area contributed by atoms with Crippen molar-refractivity contribution in [3.63, 3.8) is 0 Å². The lowest BCUT2D eigenvalue weighted by Crippen LogP contribution is -2.54. The second-order valence-corrected chi connectivity index (χ2v) is 12.1. The van der Waals surface area contributed by atoms with Crippen LogP contribution in [-0.2, 0) is 24.7 Å². The van der Waals surface area contributed by atoms with Crippen molar-refractivity contribution in [2.45, 2.75) is 86.5 Å². The van der Waals surface area contributed by atoms with E-state index in [-0.39, 0.29) is 16.2 Å². The Kier molecular flexibility index (Phi) is 4.80. The number of fused-ring (bicyclic) bond motifs is 5. The van der Waals surface area contributed by atoms with Crippen LogP contribution in [0.3, 0.4) is 0 Å². The van der Waals surface area contributed by atoms with Gasteiger partial charge in [-0.25, -0.2) is 0 Å². The summed E-state index contributed by atoms with van der Waals surface area (Å²) >= 11 is 0. The molecule has 29 heavy (non-hydrogen) atoms. The molecule has 0 heterocycles. The van der Waals surface area contributed by atoms with Gasteiger partial charge in [0.25, 0.3) is 0 Å². The first-order chi connectivity index (χ1) is 13.5. The van der Waals surface area contributed by atoms with E-state index in [9.17, 15) is 0 Å². The highest BCUT2D eigenvalue weighted by Gasteiger charge is 2.55. The summed E-state index contributed by atoms with van der Waals surface area (Å²) < 4.78 is 0. The lowest BCUT2D eigenvalue weighted by atomic mass is 9.45. The fourth-order valence-corrected chi connectivity index (χ4v) is 6.86. The van der Waals surface area contributed by atoms with E-state index in [1.165, 1.54) is 36.0 Å². The Bertz CT molecular complexity index is 900. The molecule has 4 rings (SSSR count). The van der Waals surface area contributed by atoms with Crippen LogP contribution in [0.25, 0.3) is 11.1 Å². The molecule has 0 aliphatic heterocycles. The van der Waals surface area contributed by atoms with Crippen LogP contribution in [0.2, 0.25) is 0 Å². The maximum Gasteiger partial charge on any atom is 0.00994 e. The van der Waals surface area contributed by atoms with Crippen molar-refractivity contribution in [2.75, 3.05) is 0 Å². The third kappa shape index (κ3) is 3.01. The first-order valence-corrected chi connectivity index (χ1v) is 11.7. The SMILES string of the molecule is CC(C)C1CCc2ccc3c(c2C1)C(C(C)(C)C)(C(C)(C)C)Cc1ccccc1-3. The lowest BCUT2D eigenvalue weighted by molar-refractivity contribution is 0.0484. The van der Waals surface area contributed by atoms with Gasteiger partial charge in [-0.1, -0.05) is 91.8 Å². The summed E-state index contributed by atoms with van der Waals surface area (Å²) in [5.41, 5.74) is 10.0. The molecular formula is C29H40. The normalized spacial score (nSPS) is 20.8. The van der Waals surface area contributed by atoms with Crippen molar-refractivity contribution in [1.29, 1.82) is 0 Å². The molecule has 0 saturated carbocycles. The molecule has 2 aromatic rings. The zero-order chi connectivity index (χ0) is 21.2. The van der Waals surface area contributed by atoms with Crippen molar-refractivity contribution in [1.82, 2.24) is 0 Å². The van der Waals surface area contributed by atoms with Gasteiger partial charge in [0.05, 0.1) is 0 Å². The molecule has 0 nitrogen and oxygen atoms in total. The Morgan fingerprint density at radius 3 is 2.10 bits per heavy atom. The molecule has 156 valence electrons. The number of hydrogen-bond donors (Lipinski definition) is 0. The van der Waals surface area contributed by atoms with Crippen LogP contribution < -0.4 is 0 Å². The van der Waals surface area contributed by atoms with E-state index in [1.807, 2.05) is 0 Å². The van der Waals surface area contributed by atoms with Crippen LogP contribution in [0.15, 0.2) is 36.4 Å². The molecule has 2 aromatic carbocycles. The highest BCUT2D eigenvalue weighted by molar-refractivity contribution is 5.78. The topological polar surface area (TPSA) is 0 Å². The van der Waals surface area contributed by atoms with Crippen molar-refractivity contribution in [2.24, 2.45) is 22.7 Å². The monoisotopic (exact) mass is 388 g/mol. The van der Waals surface area contributed by atoms with E-state index in [0.717, 1.165) is 18.3 Å². The summed E-state index contributed by atoms with van der Waals surface area (Å²) in [6.07, 6.45) is 4.99. The van der Waals surface area contributed by atoms with E-state index in [2.05, 4.69) is 91.8 Å². The maximum atomic E-state index is 2.48. The van der Waals surface area contributed by atoms with Gasteiger partial charge >= 0.3 is 0 Å². The summed E-state index contributed by atoms with van der Waals surface area (Å²) in [7, 11) is 0. The average Bonchev–Trinajstić information content (AvgIpc) is 2.64. The lowest BCUT2D eigenvalue weighted by Gasteiger charge is -2.58. The molecule has 2 aliphatic rings. The Labute approximate surface area is 179 Å². The van der Waals surface area contributed by atoms with E-state index in [1.54, 1.807) is 16.7 Å². The van der Waals surface area contributed by atoms with Gasteiger partial charge in [0.1, 0.15) is 0 Å². The fraction of sp³-hybridized carbons (Fsp3) is 0.586. The molecule has 0 bridgehead atoms. The molecule has 0 amide bonds. The third-order valence-corrected chi connectivity index (χ3v) is 8.35. The fourth-order valence-electron chi connectivity index (χ4n) is 6.86. The molecule has 0 aromatic heterocycles. The molecule has 1 unspecified atom stereocenters. The molecule has 0 fully saturated rings. The van der Waals surface area contributed by atoms with Gasteiger partial charge in [-0.3, -0.25) is 0 Å². The highest BCUT2D eigenvalue weighted by Crippen LogP contribution is 2.61. The standard InChI is InChI=1S/C29H40/c1-19(2)21-14-13-20-15-16-24-23-12-10-9-11-22(23)18-29(27(3,4)5,28(6,7)8)26(24)25(20)17-21/h9-12,15-16,19,21H,13-14,17-18H2,1-8H3. The largest absolute Gasteiger partial charge is 0.0625 e. The summed E-state index contributed by atoms with van der Waals surface area (Å²) in [6.45, 7) is 19.7. The van der Waals surface area contributed by atoms with Crippen LogP contribution in [-0.4, -0.2) is 0 Å². The van der Waals surface area contributed by atoms with E-state index < -0.39 is 0 Å². The molecule has 0 saturated heterocycles. The minimum atomic E-state index is 0.119. The van der Waals surface area contributed by atoms with Crippen molar-refractivity contribution in [3.8, 4) is 11.1 Å². The van der Waals surface area contributed by atoms with Crippen molar-refractivity contribution < 1.29 is 0 Å². The van der Waals surface area contributed by atoms with Gasteiger partial charge in [0.15, 0.2) is 0 Å². The molecule has 0 spiro atoms. The number of benzene rings is 2. The van der Waals surface area contributed by atoms with Gasteiger partial charge in [-0.2, -0.15) is 0 Å². The highest BCUT2D eigenvalue weighted by atomic mass is 14.6. The van der Waals surface area contributed by atoms with Crippen LogP contribution in [0.1, 0.15) is 84.1 Å². The number of hydrogen-bond acceptors (Lipinski definition) is 0. The van der Waals surface area contributed by atoms with Crippen LogP contribution in [0, 0.1) is 22.7 Å². The molecular weight excluding hydrogens is 348 g/mol. The first kappa shape index (κ1) is 20.7. The minimum Gasteiger partial charge on any atom is -0.0625 e. The third-order valence-electron chi connectivity index (χ3n) is 8.35. The molecule has 1 atom stereocenters. The van der Waals surface area contributed by atoms with Crippen molar-refractivity contribution >= 4 is 0 Å². The Balaban J connectivity index is 2.10. The van der Waals surface area contributed by atoms with E-state index in [0.29, 0.717) is 0 Å². The van der Waals surface area contributed by atoms with Gasteiger partial charge in [-0.05, 0) is 81.7 Å². The number of rotatable bonds is 1. The quantitative estimate of drug-likeness (QED) is 0.464. The minimum absolute atomic E-state index is 0.119.